The predicted molar refractivity (Wildman–Crippen MR) is 60.1 cm³/mol. The van der Waals surface area contributed by atoms with Crippen molar-refractivity contribution < 1.29 is 19.1 Å². The molecule has 1 aliphatic rings. The lowest BCUT2D eigenvalue weighted by Gasteiger charge is -2.32. The number of carbonyl (C=O) groups is 3. The number of piperazine rings is 1. The SMILES string of the molecule is CCCN1CCN(CC(=O)OCC)C(=O)C1=O. The Morgan fingerprint density at radius 2 is 1.76 bits per heavy atom. The van der Waals surface area contributed by atoms with Gasteiger partial charge in [0.15, 0.2) is 0 Å². The summed E-state index contributed by atoms with van der Waals surface area (Å²) in [6.07, 6.45) is 0.816. The summed E-state index contributed by atoms with van der Waals surface area (Å²) in [5.41, 5.74) is 0. The quantitative estimate of drug-likeness (QED) is 0.487. The molecule has 0 aliphatic carbocycles. The molecule has 0 N–H and O–H groups in total. The van der Waals surface area contributed by atoms with E-state index in [9.17, 15) is 14.4 Å². The van der Waals surface area contributed by atoms with Crippen LogP contribution >= 0.6 is 0 Å². The third-order valence-corrected chi connectivity index (χ3v) is 2.52. The Labute approximate surface area is 101 Å². The van der Waals surface area contributed by atoms with E-state index in [-0.39, 0.29) is 13.2 Å². The molecule has 0 aromatic heterocycles. The van der Waals surface area contributed by atoms with Crippen molar-refractivity contribution in [1.29, 1.82) is 0 Å². The van der Waals surface area contributed by atoms with Gasteiger partial charge >= 0.3 is 17.8 Å². The molecule has 96 valence electrons. The molecule has 1 heterocycles. The van der Waals surface area contributed by atoms with E-state index >= 15 is 0 Å². The average molecular weight is 242 g/mol. The molecule has 1 rings (SSSR count). The van der Waals surface area contributed by atoms with Crippen LogP contribution in [-0.4, -0.2) is 60.4 Å². The van der Waals surface area contributed by atoms with Crippen molar-refractivity contribution in [2.45, 2.75) is 20.3 Å². The number of esters is 1. The van der Waals surface area contributed by atoms with Gasteiger partial charge in [-0.2, -0.15) is 0 Å². The summed E-state index contributed by atoms with van der Waals surface area (Å²) in [7, 11) is 0. The third-order valence-electron chi connectivity index (χ3n) is 2.52. The zero-order chi connectivity index (χ0) is 12.8. The fraction of sp³-hybridized carbons (Fsp3) is 0.727. The van der Waals surface area contributed by atoms with Crippen molar-refractivity contribution in [3.05, 3.63) is 0 Å². The van der Waals surface area contributed by atoms with Gasteiger partial charge in [0.1, 0.15) is 6.54 Å². The van der Waals surface area contributed by atoms with Crippen LogP contribution in [-0.2, 0) is 19.1 Å². The highest BCUT2D eigenvalue weighted by Crippen LogP contribution is 2.05. The Kier molecular flexibility index (Phi) is 4.93. The smallest absolute Gasteiger partial charge is 0.325 e. The molecule has 0 bridgehead atoms. The highest BCUT2D eigenvalue weighted by Gasteiger charge is 2.32. The first-order valence-corrected chi connectivity index (χ1v) is 5.84. The van der Waals surface area contributed by atoms with Gasteiger partial charge in [-0.05, 0) is 13.3 Å². The molecule has 6 heteroatoms. The summed E-state index contributed by atoms with van der Waals surface area (Å²) >= 11 is 0. The lowest BCUT2D eigenvalue weighted by molar-refractivity contribution is -0.159. The van der Waals surface area contributed by atoms with Gasteiger partial charge in [-0.25, -0.2) is 0 Å². The molecule has 0 saturated carbocycles. The maximum atomic E-state index is 11.7. The largest absolute Gasteiger partial charge is 0.465 e. The molecule has 1 saturated heterocycles. The normalized spacial score (nSPS) is 16.4. The Morgan fingerprint density at radius 1 is 1.18 bits per heavy atom. The van der Waals surface area contributed by atoms with Gasteiger partial charge < -0.3 is 14.5 Å². The van der Waals surface area contributed by atoms with Gasteiger partial charge in [0, 0.05) is 19.6 Å². The Balaban J connectivity index is 2.53. The number of ether oxygens (including phenoxy) is 1. The molecule has 0 aromatic carbocycles. The predicted octanol–water partition coefficient (Wildman–Crippen LogP) is -0.370. The highest BCUT2D eigenvalue weighted by molar-refractivity contribution is 6.35. The number of nitrogens with zero attached hydrogens (tertiary/aromatic N) is 2. The molecular weight excluding hydrogens is 224 g/mol. The number of carbonyl (C=O) groups excluding carboxylic acids is 3. The molecule has 0 radical (unpaired) electrons. The van der Waals surface area contributed by atoms with E-state index in [4.69, 9.17) is 4.74 Å². The second-order valence-corrected chi connectivity index (χ2v) is 3.82. The average Bonchev–Trinajstić information content (AvgIpc) is 2.29. The van der Waals surface area contributed by atoms with Gasteiger partial charge in [-0.15, -0.1) is 0 Å². The van der Waals surface area contributed by atoms with Crippen molar-refractivity contribution in [2.75, 3.05) is 32.8 Å². The van der Waals surface area contributed by atoms with E-state index in [2.05, 4.69) is 0 Å². The number of amides is 2. The fourth-order valence-corrected chi connectivity index (χ4v) is 1.71. The minimum absolute atomic E-state index is 0.140. The van der Waals surface area contributed by atoms with Crippen LogP contribution in [0.1, 0.15) is 20.3 Å². The van der Waals surface area contributed by atoms with Crippen LogP contribution in [0.3, 0.4) is 0 Å². The first-order valence-electron chi connectivity index (χ1n) is 5.84. The first kappa shape index (κ1) is 13.5. The van der Waals surface area contributed by atoms with Crippen molar-refractivity contribution in [3.8, 4) is 0 Å². The Morgan fingerprint density at radius 3 is 2.35 bits per heavy atom. The number of hydrogen-bond donors (Lipinski definition) is 0. The first-order chi connectivity index (χ1) is 8.10. The molecule has 0 unspecified atom stereocenters. The van der Waals surface area contributed by atoms with E-state index < -0.39 is 17.8 Å². The van der Waals surface area contributed by atoms with E-state index in [0.717, 1.165) is 6.42 Å². The molecule has 0 aromatic rings. The molecule has 1 fully saturated rings. The van der Waals surface area contributed by atoms with Gasteiger partial charge in [0.2, 0.25) is 0 Å². The third kappa shape index (κ3) is 3.44. The van der Waals surface area contributed by atoms with Crippen LogP contribution in [0.15, 0.2) is 0 Å². The minimum Gasteiger partial charge on any atom is -0.465 e. The summed E-state index contributed by atoms with van der Waals surface area (Å²) in [5.74, 6) is -1.61. The summed E-state index contributed by atoms with van der Waals surface area (Å²) in [4.78, 5) is 37.3. The van der Waals surface area contributed by atoms with E-state index in [1.807, 2.05) is 6.92 Å². The second kappa shape index (κ2) is 6.22. The number of hydrogen-bond acceptors (Lipinski definition) is 4. The monoisotopic (exact) mass is 242 g/mol. The second-order valence-electron chi connectivity index (χ2n) is 3.82. The maximum absolute atomic E-state index is 11.7. The molecule has 1 aliphatic heterocycles. The zero-order valence-electron chi connectivity index (χ0n) is 10.3. The van der Waals surface area contributed by atoms with Crippen LogP contribution in [0.2, 0.25) is 0 Å². The zero-order valence-corrected chi connectivity index (χ0v) is 10.3. The van der Waals surface area contributed by atoms with Crippen molar-refractivity contribution in [2.24, 2.45) is 0 Å². The Bertz CT molecular complexity index is 317. The summed E-state index contributed by atoms with van der Waals surface area (Å²) in [6, 6.07) is 0. The van der Waals surface area contributed by atoms with Gasteiger partial charge in [-0.3, -0.25) is 14.4 Å². The maximum Gasteiger partial charge on any atom is 0.325 e. The highest BCUT2D eigenvalue weighted by atomic mass is 16.5. The van der Waals surface area contributed by atoms with Crippen LogP contribution < -0.4 is 0 Å². The molecule has 0 spiro atoms. The molecule has 0 atom stereocenters. The van der Waals surface area contributed by atoms with E-state index in [1.165, 1.54) is 9.80 Å². The van der Waals surface area contributed by atoms with Crippen LogP contribution in [0.4, 0.5) is 0 Å². The summed E-state index contributed by atoms with van der Waals surface area (Å²) < 4.78 is 4.74. The topological polar surface area (TPSA) is 66.9 Å². The molecule has 2 amide bonds. The van der Waals surface area contributed by atoms with Crippen molar-refractivity contribution >= 4 is 17.8 Å². The molecule has 17 heavy (non-hydrogen) atoms. The van der Waals surface area contributed by atoms with Crippen LogP contribution in [0.5, 0.6) is 0 Å². The van der Waals surface area contributed by atoms with Crippen LogP contribution in [0.25, 0.3) is 0 Å². The van der Waals surface area contributed by atoms with Gasteiger partial charge in [0.05, 0.1) is 6.61 Å². The van der Waals surface area contributed by atoms with E-state index in [0.29, 0.717) is 19.6 Å². The summed E-state index contributed by atoms with van der Waals surface area (Å²) in [6.45, 7) is 5.24. The van der Waals surface area contributed by atoms with Crippen molar-refractivity contribution in [1.82, 2.24) is 9.80 Å². The lowest BCUT2D eigenvalue weighted by atomic mass is 10.2. The fourth-order valence-electron chi connectivity index (χ4n) is 1.71. The molecular formula is C11H18N2O4. The van der Waals surface area contributed by atoms with Gasteiger partial charge in [0.25, 0.3) is 0 Å². The number of rotatable bonds is 5. The van der Waals surface area contributed by atoms with Crippen LogP contribution in [0, 0.1) is 0 Å². The minimum atomic E-state index is -0.613. The molecule has 6 nitrogen and oxygen atoms in total. The lowest BCUT2D eigenvalue weighted by Crippen LogP contribution is -2.55. The van der Waals surface area contributed by atoms with Crippen molar-refractivity contribution in [3.63, 3.8) is 0 Å². The standard InChI is InChI=1S/C11H18N2O4/c1-3-5-12-6-7-13(11(16)10(12)15)8-9(14)17-4-2/h3-8H2,1-2H3. The Hall–Kier alpha value is -1.59. The van der Waals surface area contributed by atoms with E-state index in [1.54, 1.807) is 6.92 Å². The van der Waals surface area contributed by atoms with Gasteiger partial charge in [-0.1, -0.05) is 6.92 Å². The summed E-state index contributed by atoms with van der Waals surface area (Å²) in [5, 5.41) is 0.